The predicted molar refractivity (Wildman–Crippen MR) is 62.5 cm³/mol. The van der Waals surface area contributed by atoms with Crippen LogP contribution in [-0.2, 0) is 0 Å². The third-order valence-electron chi connectivity index (χ3n) is 3.01. The molecule has 0 unspecified atom stereocenters. The Hall–Kier alpha value is -0.0800. The average molecular weight is 198 g/mol. The molecular weight excluding hydrogens is 172 g/mol. The largest absolute Gasteiger partial charge is 0.317 e. The smallest absolute Gasteiger partial charge is 0.000439 e. The van der Waals surface area contributed by atoms with Crippen LogP contribution in [0.25, 0.3) is 0 Å². The van der Waals surface area contributed by atoms with Gasteiger partial charge in [0.25, 0.3) is 0 Å². The van der Waals surface area contributed by atoms with E-state index in [4.69, 9.17) is 0 Å². The van der Waals surface area contributed by atoms with Gasteiger partial charge in [-0.1, -0.05) is 20.8 Å². The summed E-state index contributed by atoms with van der Waals surface area (Å²) >= 11 is 0. The maximum atomic E-state index is 3.46. The van der Waals surface area contributed by atoms with Gasteiger partial charge in [-0.2, -0.15) is 0 Å². The van der Waals surface area contributed by atoms with E-state index in [0.29, 0.717) is 0 Å². The molecule has 1 saturated heterocycles. The van der Waals surface area contributed by atoms with E-state index in [1.807, 2.05) is 0 Å². The van der Waals surface area contributed by atoms with Crippen LogP contribution in [0, 0.1) is 11.8 Å². The molecule has 0 aromatic rings. The minimum atomic E-state index is 0.820. The topological polar surface area (TPSA) is 15.3 Å². The first-order valence-corrected chi connectivity index (χ1v) is 6.15. The summed E-state index contributed by atoms with van der Waals surface area (Å²) in [4.78, 5) is 2.62. The van der Waals surface area contributed by atoms with Gasteiger partial charge in [-0.25, -0.2) is 0 Å². The van der Waals surface area contributed by atoms with Crippen LogP contribution in [0.4, 0.5) is 0 Å². The van der Waals surface area contributed by atoms with Crippen molar-refractivity contribution in [3.63, 3.8) is 0 Å². The summed E-state index contributed by atoms with van der Waals surface area (Å²) in [5.41, 5.74) is 0. The Morgan fingerprint density at radius 2 is 1.93 bits per heavy atom. The van der Waals surface area contributed by atoms with Crippen LogP contribution in [-0.4, -0.2) is 37.6 Å². The second-order valence-corrected chi connectivity index (χ2v) is 4.95. The molecule has 2 nitrogen and oxygen atoms in total. The zero-order chi connectivity index (χ0) is 10.4. The monoisotopic (exact) mass is 198 g/mol. The summed E-state index contributed by atoms with van der Waals surface area (Å²) in [5, 5.41) is 3.46. The Labute approximate surface area is 89.1 Å². The zero-order valence-corrected chi connectivity index (χ0v) is 10.1. The number of hydrogen-bond acceptors (Lipinski definition) is 2. The van der Waals surface area contributed by atoms with Crippen molar-refractivity contribution in [1.29, 1.82) is 0 Å². The lowest BCUT2D eigenvalue weighted by atomic mass is 9.96. The van der Waals surface area contributed by atoms with E-state index in [9.17, 15) is 0 Å². The van der Waals surface area contributed by atoms with Gasteiger partial charge in [-0.05, 0) is 50.9 Å². The third-order valence-corrected chi connectivity index (χ3v) is 3.01. The molecule has 0 bridgehead atoms. The van der Waals surface area contributed by atoms with Crippen molar-refractivity contribution in [3.8, 4) is 0 Å². The van der Waals surface area contributed by atoms with Gasteiger partial charge in [0.1, 0.15) is 0 Å². The molecule has 2 heteroatoms. The van der Waals surface area contributed by atoms with E-state index in [-0.39, 0.29) is 0 Å². The van der Waals surface area contributed by atoms with Crippen molar-refractivity contribution in [2.24, 2.45) is 11.8 Å². The zero-order valence-electron chi connectivity index (χ0n) is 10.1. The molecule has 84 valence electrons. The van der Waals surface area contributed by atoms with Crippen LogP contribution >= 0.6 is 0 Å². The first-order valence-electron chi connectivity index (χ1n) is 6.15. The molecule has 0 amide bonds. The molecule has 1 N–H and O–H groups in total. The summed E-state index contributed by atoms with van der Waals surface area (Å²) in [6.45, 7) is 13.1. The van der Waals surface area contributed by atoms with E-state index in [1.165, 1.54) is 39.0 Å². The lowest BCUT2D eigenvalue weighted by molar-refractivity contribution is 0.166. The lowest BCUT2D eigenvalue weighted by Gasteiger charge is -2.33. The average Bonchev–Trinajstić information content (AvgIpc) is 2.16. The van der Waals surface area contributed by atoms with Crippen molar-refractivity contribution in [2.45, 2.75) is 33.6 Å². The van der Waals surface area contributed by atoms with Gasteiger partial charge in [-0.3, -0.25) is 0 Å². The summed E-state index contributed by atoms with van der Waals surface area (Å²) < 4.78 is 0. The lowest BCUT2D eigenvalue weighted by Crippen LogP contribution is -2.38. The van der Waals surface area contributed by atoms with Crippen LogP contribution in [0.5, 0.6) is 0 Å². The quantitative estimate of drug-likeness (QED) is 0.726. The molecular formula is C12H26N2. The van der Waals surface area contributed by atoms with Crippen LogP contribution in [0.15, 0.2) is 0 Å². The summed E-state index contributed by atoms with van der Waals surface area (Å²) in [6, 6.07) is 0. The highest BCUT2D eigenvalue weighted by molar-refractivity contribution is 4.74. The fourth-order valence-electron chi connectivity index (χ4n) is 2.24. The molecule has 1 rings (SSSR count). The van der Waals surface area contributed by atoms with Crippen LogP contribution < -0.4 is 5.32 Å². The molecule has 1 aliphatic heterocycles. The number of likely N-dealkylation sites (tertiary alicyclic amines) is 1. The summed E-state index contributed by atoms with van der Waals surface area (Å²) in [7, 11) is 0. The minimum Gasteiger partial charge on any atom is -0.317 e. The predicted octanol–water partition coefficient (Wildman–Crippen LogP) is 1.96. The van der Waals surface area contributed by atoms with E-state index in [0.717, 1.165) is 18.4 Å². The maximum Gasteiger partial charge on any atom is 0.000439 e. The number of nitrogens with zero attached hydrogens (tertiary/aromatic N) is 1. The first-order chi connectivity index (χ1) is 6.72. The molecule has 0 spiro atoms. The summed E-state index contributed by atoms with van der Waals surface area (Å²) in [6.07, 6.45) is 2.78. The fourth-order valence-corrected chi connectivity index (χ4v) is 2.24. The van der Waals surface area contributed by atoms with Gasteiger partial charge in [0, 0.05) is 6.54 Å². The molecule has 0 radical (unpaired) electrons. The number of piperidine rings is 1. The van der Waals surface area contributed by atoms with Crippen molar-refractivity contribution in [3.05, 3.63) is 0 Å². The fraction of sp³-hybridized carbons (Fsp3) is 1.00. The van der Waals surface area contributed by atoms with E-state index in [2.05, 4.69) is 31.0 Å². The molecule has 0 atom stereocenters. The Kier molecular flexibility index (Phi) is 5.49. The van der Waals surface area contributed by atoms with E-state index >= 15 is 0 Å². The standard InChI is InChI=1S/C12H26N2/c1-4-13-9-12-5-7-14(8-6-12)10-11(2)3/h11-13H,4-10H2,1-3H3. The molecule has 1 fully saturated rings. The van der Waals surface area contributed by atoms with Crippen LogP contribution in [0.1, 0.15) is 33.6 Å². The van der Waals surface area contributed by atoms with Crippen LogP contribution in [0.3, 0.4) is 0 Å². The maximum absolute atomic E-state index is 3.46. The van der Waals surface area contributed by atoms with Crippen molar-refractivity contribution in [1.82, 2.24) is 10.2 Å². The SMILES string of the molecule is CCNCC1CCN(CC(C)C)CC1. The van der Waals surface area contributed by atoms with Gasteiger partial charge < -0.3 is 10.2 Å². The molecule has 1 aliphatic rings. The van der Waals surface area contributed by atoms with E-state index < -0.39 is 0 Å². The molecule has 0 saturated carbocycles. The second-order valence-electron chi connectivity index (χ2n) is 4.95. The molecule has 0 aliphatic carbocycles. The van der Waals surface area contributed by atoms with Gasteiger partial charge in [0.15, 0.2) is 0 Å². The number of rotatable bonds is 5. The van der Waals surface area contributed by atoms with E-state index in [1.54, 1.807) is 0 Å². The molecule has 0 aromatic heterocycles. The third kappa shape index (κ3) is 4.43. The van der Waals surface area contributed by atoms with Crippen molar-refractivity contribution >= 4 is 0 Å². The van der Waals surface area contributed by atoms with Gasteiger partial charge in [0.2, 0.25) is 0 Å². The summed E-state index contributed by atoms with van der Waals surface area (Å²) in [5.74, 6) is 1.75. The highest BCUT2D eigenvalue weighted by atomic mass is 15.1. The number of nitrogens with one attached hydrogen (secondary N) is 1. The Morgan fingerprint density at radius 1 is 1.29 bits per heavy atom. The normalized spacial score (nSPS) is 20.6. The Bertz CT molecular complexity index is 137. The first kappa shape index (κ1) is 12.0. The van der Waals surface area contributed by atoms with Crippen molar-refractivity contribution in [2.75, 3.05) is 32.7 Å². The second kappa shape index (κ2) is 6.41. The Balaban J connectivity index is 2.11. The number of hydrogen-bond donors (Lipinski definition) is 1. The van der Waals surface area contributed by atoms with Gasteiger partial charge in [0.05, 0.1) is 0 Å². The van der Waals surface area contributed by atoms with Crippen LogP contribution in [0.2, 0.25) is 0 Å². The van der Waals surface area contributed by atoms with Crippen molar-refractivity contribution < 1.29 is 0 Å². The highest BCUT2D eigenvalue weighted by Gasteiger charge is 2.18. The molecule has 14 heavy (non-hydrogen) atoms. The van der Waals surface area contributed by atoms with Gasteiger partial charge >= 0.3 is 0 Å². The highest BCUT2D eigenvalue weighted by Crippen LogP contribution is 2.17. The van der Waals surface area contributed by atoms with Gasteiger partial charge in [-0.15, -0.1) is 0 Å². The molecule has 0 aromatic carbocycles. The minimum absolute atomic E-state index is 0.820. The molecule has 1 heterocycles. The Morgan fingerprint density at radius 3 is 2.43 bits per heavy atom.